The van der Waals surface area contributed by atoms with Crippen molar-refractivity contribution in [3.8, 4) is 11.5 Å². The van der Waals surface area contributed by atoms with Gasteiger partial charge in [0.15, 0.2) is 5.82 Å². The standard InChI is InChI=1S/C13H8Cl2FNO3/c14-7-8-4-5-12(9(15)6-8)20-13-10(16)2-1-3-11(13)17(18)19/h1-6H,7H2. The summed E-state index contributed by atoms with van der Waals surface area (Å²) in [6, 6.07) is 8.13. The van der Waals surface area contributed by atoms with Crippen molar-refractivity contribution < 1.29 is 14.1 Å². The molecule has 0 atom stereocenters. The molecule has 0 aromatic heterocycles. The van der Waals surface area contributed by atoms with E-state index in [2.05, 4.69) is 0 Å². The first kappa shape index (κ1) is 14.6. The van der Waals surface area contributed by atoms with Gasteiger partial charge in [0, 0.05) is 11.9 Å². The van der Waals surface area contributed by atoms with E-state index < -0.39 is 22.2 Å². The number of benzene rings is 2. The molecule has 2 aromatic carbocycles. The average molecular weight is 316 g/mol. The van der Waals surface area contributed by atoms with Crippen molar-refractivity contribution in [3.63, 3.8) is 0 Å². The third-order valence-electron chi connectivity index (χ3n) is 2.51. The first-order chi connectivity index (χ1) is 9.52. The van der Waals surface area contributed by atoms with Gasteiger partial charge in [-0.15, -0.1) is 11.6 Å². The van der Waals surface area contributed by atoms with E-state index in [1.165, 1.54) is 12.1 Å². The second-order valence-corrected chi connectivity index (χ2v) is 4.52. The van der Waals surface area contributed by atoms with Crippen LogP contribution in [0.5, 0.6) is 11.5 Å². The summed E-state index contributed by atoms with van der Waals surface area (Å²) >= 11 is 11.6. The van der Waals surface area contributed by atoms with E-state index in [4.69, 9.17) is 27.9 Å². The molecule has 0 unspecified atom stereocenters. The maximum absolute atomic E-state index is 13.7. The van der Waals surface area contributed by atoms with Gasteiger partial charge in [-0.1, -0.05) is 23.7 Å². The minimum Gasteiger partial charge on any atom is -0.446 e. The maximum Gasteiger partial charge on any atom is 0.314 e. The molecular formula is C13H8Cl2FNO3. The topological polar surface area (TPSA) is 52.4 Å². The minimum atomic E-state index is -0.836. The van der Waals surface area contributed by atoms with Crippen molar-refractivity contribution in [1.29, 1.82) is 0 Å². The van der Waals surface area contributed by atoms with Gasteiger partial charge in [-0.05, 0) is 23.8 Å². The van der Waals surface area contributed by atoms with Gasteiger partial charge in [0.2, 0.25) is 5.75 Å². The van der Waals surface area contributed by atoms with Crippen molar-refractivity contribution >= 4 is 28.9 Å². The Bertz CT molecular complexity index is 664. The zero-order valence-electron chi connectivity index (χ0n) is 9.98. The number of para-hydroxylation sites is 1. The van der Waals surface area contributed by atoms with Crippen molar-refractivity contribution in [2.75, 3.05) is 0 Å². The number of hydrogen-bond donors (Lipinski definition) is 0. The second-order valence-electron chi connectivity index (χ2n) is 3.85. The fraction of sp³-hybridized carbons (Fsp3) is 0.0769. The lowest BCUT2D eigenvalue weighted by molar-refractivity contribution is -0.385. The summed E-state index contributed by atoms with van der Waals surface area (Å²) in [7, 11) is 0. The van der Waals surface area contributed by atoms with Crippen LogP contribution in [-0.2, 0) is 5.88 Å². The van der Waals surface area contributed by atoms with Gasteiger partial charge >= 0.3 is 5.69 Å². The predicted octanol–water partition coefficient (Wildman–Crippen LogP) is 4.92. The molecule has 20 heavy (non-hydrogen) atoms. The quantitative estimate of drug-likeness (QED) is 0.457. The Hall–Kier alpha value is -1.85. The number of nitro groups is 1. The molecule has 104 valence electrons. The molecule has 0 amide bonds. The Morgan fingerprint density at radius 1 is 1.30 bits per heavy atom. The molecule has 0 aliphatic rings. The fourth-order valence-corrected chi connectivity index (χ4v) is 1.97. The Kier molecular flexibility index (Phi) is 4.42. The van der Waals surface area contributed by atoms with Crippen LogP contribution < -0.4 is 4.74 Å². The van der Waals surface area contributed by atoms with Crippen LogP contribution >= 0.6 is 23.2 Å². The van der Waals surface area contributed by atoms with Crippen LogP contribution in [0.2, 0.25) is 5.02 Å². The highest BCUT2D eigenvalue weighted by atomic mass is 35.5. The zero-order valence-corrected chi connectivity index (χ0v) is 11.5. The average Bonchev–Trinajstić information content (AvgIpc) is 2.42. The third kappa shape index (κ3) is 3.00. The number of nitrogens with zero attached hydrogens (tertiary/aromatic N) is 1. The SMILES string of the molecule is O=[N+]([O-])c1cccc(F)c1Oc1ccc(CCl)cc1Cl. The van der Waals surface area contributed by atoms with Crippen LogP contribution in [0, 0.1) is 15.9 Å². The highest BCUT2D eigenvalue weighted by Gasteiger charge is 2.21. The lowest BCUT2D eigenvalue weighted by Crippen LogP contribution is -1.96. The first-order valence-corrected chi connectivity index (χ1v) is 6.39. The van der Waals surface area contributed by atoms with Crippen LogP contribution in [0.4, 0.5) is 10.1 Å². The summed E-state index contributed by atoms with van der Waals surface area (Å²) in [5, 5.41) is 11.1. The van der Waals surface area contributed by atoms with E-state index in [0.29, 0.717) is 0 Å². The number of hydrogen-bond acceptors (Lipinski definition) is 3. The Morgan fingerprint density at radius 2 is 2.05 bits per heavy atom. The van der Waals surface area contributed by atoms with Crippen molar-refractivity contribution in [3.05, 3.63) is 62.9 Å². The fourth-order valence-electron chi connectivity index (χ4n) is 1.56. The molecule has 0 radical (unpaired) electrons. The van der Waals surface area contributed by atoms with Crippen LogP contribution in [-0.4, -0.2) is 4.92 Å². The molecule has 0 aliphatic heterocycles. The summed E-state index contributed by atoms with van der Waals surface area (Å²) in [6.07, 6.45) is 0. The molecule has 7 heteroatoms. The lowest BCUT2D eigenvalue weighted by atomic mass is 10.2. The lowest BCUT2D eigenvalue weighted by Gasteiger charge is -2.09. The molecule has 0 aliphatic carbocycles. The summed E-state index contributed by atoms with van der Waals surface area (Å²) in [5.74, 6) is -0.928. The molecule has 2 aromatic rings. The third-order valence-corrected chi connectivity index (χ3v) is 3.11. The number of halogens is 3. The zero-order chi connectivity index (χ0) is 14.7. The smallest absolute Gasteiger partial charge is 0.314 e. The molecule has 0 N–H and O–H groups in total. The highest BCUT2D eigenvalue weighted by Crippen LogP contribution is 2.37. The van der Waals surface area contributed by atoms with E-state index in [-0.39, 0.29) is 16.7 Å². The molecule has 0 spiro atoms. The summed E-state index contributed by atoms with van der Waals surface area (Å²) in [5.41, 5.74) is 0.287. The monoisotopic (exact) mass is 315 g/mol. The van der Waals surface area contributed by atoms with Gasteiger partial charge in [0.25, 0.3) is 0 Å². The van der Waals surface area contributed by atoms with E-state index >= 15 is 0 Å². The first-order valence-electron chi connectivity index (χ1n) is 5.48. The van der Waals surface area contributed by atoms with Crippen molar-refractivity contribution in [2.45, 2.75) is 5.88 Å². The van der Waals surface area contributed by atoms with Crippen LogP contribution in [0.3, 0.4) is 0 Å². The van der Waals surface area contributed by atoms with Crippen LogP contribution in [0.25, 0.3) is 0 Å². The molecule has 2 rings (SSSR count). The molecule has 0 fully saturated rings. The Balaban J connectivity index is 2.42. The summed E-state index contributed by atoms with van der Waals surface area (Å²) in [6.45, 7) is 0. The van der Waals surface area contributed by atoms with E-state index in [1.54, 1.807) is 12.1 Å². The van der Waals surface area contributed by atoms with E-state index in [9.17, 15) is 14.5 Å². The Labute approximate surface area is 123 Å². The molecule has 0 saturated carbocycles. The predicted molar refractivity (Wildman–Crippen MR) is 74.1 cm³/mol. The molecular weight excluding hydrogens is 308 g/mol. The van der Waals surface area contributed by atoms with Crippen molar-refractivity contribution in [2.24, 2.45) is 0 Å². The van der Waals surface area contributed by atoms with Crippen LogP contribution in [0.15, 0.2) is 36.4 Å². The van der Waals surface area contributed by atoms with Gasteiger partial charge in [-0.3, -0.25) is 10.1 Å². The number of nitro benzene ring substituents is 1. The van der Waals surface area contributed by atoms with Gasteiger partial charge in [0.1, 0.15) is 5.75 Å². The molecule has 4 nitrogen and oxygen atoms in total. The van der Waals surface area contributed by atoms with E-state index in [0.717, 1.165) is 17.7 Å². The highest BCUT2D eigenvalue weighted by molar-refractivity contribution is 6.32. The number of rotatable bonds is 4. The largest absolute Gasteiger partial charge is 0.446 e. The van der Waals surface area contributed by atoms with Gasteiger partial charge in [-0.25, -0.2) is 4.39 Å². The molecule has 0 bridgehead atoms. The normalized spacial score (nSPS) is 10.3. The number of ether oxygens (including phenoxy) is 1. The molecule has 0 saturated heterocycles. The van der Waals surface area contributed by atoms with Gasteiger partial charge < -0.3 is 4.74 Å². The summed E-state index contributed by atoms with van der Waals surface area (Å²) in [4.78, 5) is 10.1. The number of alkyl halides is 1. The Morgan fingerprint density at radius 3 is 2.65 bits per heavy atom. The molecule has 0 heterocycles. The van der Waals surface area contributed by atoms with Gasteiger partial charge in [-0.2, -0.15) is 0 Å². The minimum absolute atomic E-state index is 0.119. The van der Waals surface area contributed by atoms with Crippen molar-refractivity contribution in [1.82, 2.24) is 0 Å². The summed E-state index contributed by atoms with van der Waals surface area (Å²) < 4.78 is 18.9. The second kappa shape index (κ2) is 6.07. The van der Waals surface area contributed by atoms with E-state index in [1.807, 2.05) is 0 Å². The maximum atomic E-state index is 13.7. The van der Waals surface area contributed by atoms with Gasteiger partial charge in [0.05, 0.1) is 9.95 Å². The van der Waals surface area contributed by atoms with Crippen LogP contribution in [0.1, 0.15) is 5.56 Å².